The molecule has 4 rings (SSSR count). The lowest BCUT2D eigenvalue weighted by Gasteiger charge is -2.16. The van der Waals surface area contributed by atoms with Crippen molar-refractivity contribution in [2.75, 3.05) is 6.61 Å². The minimum atomic E-state index is -1.01. The molecule has 7 nitrogen and oxygen atoms in total. The molecule has 3 aromatic rings. The molecule has 1 aliphatic rings. The van der Waals surface area contributed by atoms with E-state index in [4.69, 9.17) is 4.74 Å². The largest absolute Gasteiger partial charge is 0.492 e. The molecular weight excluding hydrogens is 366 g/mol. The van der Waals surface area contributed by atoms with Crippen LogP contribution in [-0.4, -0.2) is 43.2 Å². The van der Waals surface area contributed by atoms with E-state index in [1.807, 2.05) is 24.4 Å². The molecule has 8 heteroatoms. The van der Waals surface area contributed by atoms with Crippen LogP contribution in [0.25, 0.3) is 22.4 Å². The zero-order valence-electron chi connectivity index (χ0n) is 15.0. The van der Waals surface area contributed by atoms with Crippen molar-refractivity contribution in [2.45, 2.75) is 32.4 Å². The Morgan fingerprint density at radius 1 is 1.37 bits per heavy atom. The molecule has 0 saturated carbocycles. The van der Waals surface area contributed by atoms with Gasteiger partial charge in [-0.05, 0) is 31.5 Å². The normalized spacial score (nSPS) is 13.4. The lowest BCUT2D eigenvalue weighted by Crippen LogP contribution is -2.26. The Hall–Kier alpha value is -2.71. The van der Waals surface area contributed by atoms with Gasteiger partial charge in [-0.2, -0.15) is 5.10 Å². The first-order valence-electron chi connectivity index (χ1n) is 8.55. The van der Waals surface area contributed by atoms with Crippen LogP contribution in [0.15, 0.2) is 30.6 Å². The van der Waals surface area contributed by atoms with E-state index in [-0.39, 0.29) is 5.01 Å². The Bertz CT molecular complexity index is 1020. The first-order chi connectivity index (χ1) is 12.8. The lowest BCUT2D eigenvalue weighted by molar-refractivity contribution is 0.0577. The molecule has 0 atom stereocenters. The van der Waals surface area contributed by atoms with Crippen LogP contribution in [0.2, 0.25) is 0 Å². The van der Waals surface area contributed by atoms with E-state index < -0.39 is 11.6 Å². The summed E-state index contributed by atoms with van der Waals surface area (Å²) in [7, 11) is 0. The average molecular weight is 385 g/mol. The van der Waals surface area contributed by atoms with Gasteiger partial charge in [-0.1, -0.05) is 6.07 Å². The maximum absolute atomic E-state index is 11.2. The lowest BCUT2D eigenvalue weighted by atomic mass is 10.0. The number of hydrogen-bond acceptors (Lipinski definition) is 6. The molecule has 1 aromatic carbocycles. The predicted molar refractivity (Wildman–Crippen MR) is 101 cm³/mol. The molecular formula is C19H19N3O4S. The standard InChI is InChI=1S/C19H19N3O4S/c1-19(2,25)10-22-9-12(8-20-22)11-3-4-13-14(7-11)26-6-5-15-16(13)21-17(27-15)18(23)24/h3-4,7-9,25H,5-6,10H2,1-2H3,(H,23,24). The molecule has 3 heterocycles. The van der Waals surface area contributed by atoms with Crippen LogP contribution in [0.1, 0.15) is 28.5 Å². The summed E-state index contributed by atoms with van der Waals surface area (Å²) in [6, 6.07) is 5.78. The number of carboxylic acid groups (broad SMARTS) is 1. The van der Waals surface area contributed by atoms with E-state index in [0.717, 1.165) is 21.6 Å². The van der Waals surface area contributed by atoms with Crippen molar-refractivity contribution in [1.82, 2.24) is 14.8 Å². The number of carboxylic acids is 1. The monoisotopic (exact) mass is 385 g/mol. The fraction of sp³-hybridized carbons (Fsp3) is 0.316. The minimum Gasteiger partial charge on any atom is -0.492 e. The molecule has 0 bridgehead atoms. The van der Waals surface area contributed by atoms with Crippen molar-refractivity contribution < 1.29 is 19.7 Å². The average Bonchev–Trinajstić information content (AvgIpc) is 3.17. The topological polar surface area (TPSA) is 97.5 Å². The van der Waals surface area contributed by atoms with Crippen molar-refractivity contribution in [3.8, 4) is 28.1 Å². The molecule has 0 amide bonds. The van der Waals surface area contributed by atoms with Crippen LogP contribution in [0.3, 0.4) is 0 Å². The highest BCUT2D eigenvalue weighted by atomic mass is 32.1. The van der Waals surface area contributed by atoms with E-state index in [0.29, 0.717) is 31.0 Å². The van der Waals surface area contributed by atoms with Crippen molar-refractivity contribution in [3.05, 3.63) is 40.5 Å². The predicted octanol–water partition coefficient (Wildman–Crippen LogP) is 3.08. The smallest absolute Gasteiger partial charge is 0.365 e. The summed E-state index contributed by atoms with van der Waals surface area (Å²) in [4.78, 5) is 16.5. The Kier molecular flexibility index (Phi) is 4.24. The number of aromatic carboxylic acids is 1. The van der Waals surface area contributed by atoms with Gasteiger partial charge in [-0.15, -0.1) is 11.3 Å². The van der Waals surface area contributed by atoms with Crippen molar-refractivity contribution >= 4 is 17.3 Å². The van der Waals surface area contributed by atoms with Crippen LogP contribution in [0.5, 0.6) is 5.75 Å². The highest BCUT2D eigenvalue weighted by Crippen LogP contribution is 2.39. The third-order valence-corrected chi connectivity index (χ3v) is 5.32. The van der Waals surface area contributed by atoms with Crippen LogP contribution < -0.4 is 4.74 Å². The molecule has 2 aromatic heterocycles. The Morgan fingerprint density at radius 3 is 2.93 bits per heavy atom. The molecule has 2 N–H and O–H groups in total. The molecule has 140 valence electrons. The second-order valence-electron chi connectivity index (χ2n) is 7.14. The van der Waals surface area contributed by atoms with Gasteiger partial charge < -0.3 is 14.9 Å². The molecule has 0 unspecified atom stereocenters. The SMILES string of the molecule is CC(C)(O)Cn1cc(-c2ccc3c(c2)OCCc2sc(C(=O)O)nc2-3)cn1. The molecule has 0 fully saturated rings. The molecule has 0 spiro atoms. The first-order valence-corrected chi connectivity index (χ1v) is 9.37. The maximum Gasteiger partial charge on any atom is 0.365 e. The van der Waals surface area contributed by atoms with Gasteiger partial charge in [0, 0.05) is 28.6 Å². The highest BCUT2D eigenvalue weighted by molar-refractivity contribution is 7.14. The van der Waals surface area contributed by atoms with E-state index in [2.05, 4.69) is 10.1 Å². The summed E-state index contributed by atoms with van der Waals surface area (Å²) >= 11 is 1.20. The molecule has 0 aliphatic carbocycles. The van der Waals surface area contributed by atoms with E-state index >= 15 is 0 Å². The first kappa shape index (κ1) is 17.7. The molecule has 1 aliphatic heterocycles. The number of benzene rings is 1. The molecule has 27 heavy (non-hydrogen) atoms. The van der Waals surface area contributed by atoms with Crippen molar-refractivity contribution in [2.24, 2.45) is 0 Å². The number of ether oxygens (including phenoxy) is 1. The van der Waals surface area contributed by atoms with E-state index in [9.17, 15) is 15.0 Å². The van der Waals surface area contributed by atoms with Crippen molar-refractivity contribution in [3.63, 3.8) is 0 Å². The van der Waals surface area contributed by atoms with Crippen LogP contribution in [0.4, 0.5) is 0 Å². The highest BCUT2D eigenvalue weighted by Gasteiger charge is 2.23. The Morgan fingerprint density at radius 2 is 2.19 bits per heavy atom. The summed E-state index contributed by atoms with van der Waals surface area (Å²) in [5, 5.41) is 23.6. The van der Waals surface area contributed by atoms with Gasteiger partial charge in [0.1, 0.15) is 5.75 Å². The van der Waals surface area contributed by atoms with Gasteiger partial charge in [-0.25, -0.2) is 9.78 Å². The van der Waals surface area contributed by atoms with Crippen LogP contribution in [-0.2, 0) is 13.0 Å². The number of thiazole rings is 1. The fourth-order valence-electron chi connectivity index (χ4n) is 3.09. The number of rotatable bonds is 4. The van der Waals surface area contributed by atoms with Gasteiger partial charge in [-0.3, -0.25) is 4.68 Å². The van der Waals surface area contributed by atoms with E-state index in [1.54, 1.807) is 24.7 Å². The number of hydrogen-bond donors (Lipinski definition) is 2. The Balaban J connectivity index is 1.70. The maximum atomic E-state index is 11.2. The van der Waals surface area contributed by atoms with Gasteiger partial charge in [0.15, 0.2) is 0 Å². The number of aromatic nitrogens is 3. The number of fused-ring (bicyclic) bond motifs is 3. The number of aliphatic hydroxyl groups is 1. The summed E-state index contributed by atoms with van der Waals surface area (Å²) in [5.74, 6) is -0.324. The van der Waals surface area contributed by atoms with E-state index in [1.165, 1.54) is 11.3 Å². The van der Waals surface area contributed by atoms with Gasteiger partial charge >= 0.3 is 5.97 Å². The number of nitrogens with zero attached hydrogens (tertiary/aromatic N) is 3. The van der Waals surface area contributed by atoms with Crippen LogP contribution >= 0.6 is 11.3 Å². The number of carbonyl (C=O) groups is 1. The summed E-state index contributed by atoms with van der Waals surface area (Å²) in [6.45, 7) is 4.35. The van der Waals surface area contributed by atoms with Gasteiger partial charge in [0.05, 0.1) is 30.6 Å². The zero-order valence-corrected chi connectivity index (χ0v) is 15.8. The third-order valence-electron chi connectivity index (χ3n) is 4.22. The molecule has 0 saturated heterocycles. The second kappa shape index (κ2) is 6.47. The minimum absolute atomic E-state index is 0.102. The summed E-state index contributed by atoms with van der Waals surface area (Å²) < 4.78 is 7.60. The molecule has 0 radical (unpaired) electrons. The van der Waals surface area contributed by atoms with Crippen molar-refractivity contribution in [1.29, 1.82) is 0 Å². The fourth-order valence-corrected chi connectivity index (χ4v) is 3.98. The summed E-state index contributed by atoms with van der Waals surface area (Å²) in [5.41, 5.74) is 2.50. The van der Waals surface area contributed by atoms with Gasteiger partial charge in [0.2, 0.25) is 5.01 Å². The van der Waals surface area contributed by atoms with Gasteiger partial charge in [0.25, 0.3) is 0 Å². The van der Waals surface area contributed by atoms with Crippen LogP contribution in [0, 0.1) is 0 Å². The second-order valence-corrected chi connectivity index (χ2v) is 8.23. The Labute approximate surface area is 159 Å². The summed E-state index contributed by atoms with van der Waals surface area (Å²) in [6.07, 6.45) is 4.27. The third kappa shape index (κ3) is 3.58. The quantitative estimate of drug-likeness (QED) is 0.716. The zero-order chi connectivity index (χ0) is 19.2.